The van der Waals surface area contributed by atoms with Gasteiger partial charge in [0, 0.05) is 5.69 Å². The van der Waals surface area contributed by atoms with Crippen LogP contribution in [0.4, 0.5) is 11.5 Å². The van der Waals surface area contributed by atoms with Crippen LogP contribution in [-0.4, -0.2) is 21.0 Å². The number of halogens is 1. The van der Waals surface area contributed by atoms with Crippen molar-refractivity contribution in [2.24, 2.45) is 0 Å². The smallest absolute Gasteiger partial charge is 0.259 e. The first-order valence-corrected chi connectivity index (χ1v) is 5.73. The van der Waals surface area contributed by atoms with Crippen LogP contribution in [-0.2, 0) is 0 Å². The zero-order chi connectivity index (χ0) is 13.1. The van der Waals surface area contributed by atoms with Crippen LogP contribution >= 0.6 is 15.9 Å². The van der Waals surface area contributed by atoms with E-state index in [1.54, 1.807) is 0 Å². The number of nitrogens with zero attached hydrogens (tertiary/aromatic N) is 2. The van der Waals surface area contributed by atoms with Gasteiger partial charge < -0.3 is 16.2 Å². The number of aromatic nitrogens is 2. The minimum atomic E-state index is -0.458. The predicted molar refractivity (Wildman–Crippen MR) is 70.2 cm³/mol. The number of phenolic OH excluding ortho intramolecular Hbond substituents is 1. The van der Waals surface area contributed by atoms with Gasteiger partial charge in [-0.25, -0.2) is 9.97 Å². The second kappa shape index (κ2) is 5.01. The molecule has 92 valence electrons. The number of aromatic hydroxyl groups is 1. The zero-order valence-electron chi connectivity index (χ0n) is 9.09. The first kappa shape index (κ1) is 12.3. The molecule has 7 heteroatoms. The number of benzene rings is 1. The van der Waals surface area contributed by atoms with Crippen molar-refractivity contribution in [1.29, 1.82) is 0 Å². The largest absolute Gasteiger partial charge is 0.508 e. The van der Waals surface area contributed by atoms with Gasteiger partial charge in [0.25, 0.3) is 5.91 Å². The highest BCUT2D eigenvalue weighted by Gasteiger charge is 2.11. The topological polar surface area (TPSA) is 101 Å². The van der Waals surface area contributed by atoms with Crippen LogP contribution in [0.2, 0.25) is 0 Å². The van der Waals surface area contributed by atoms with E-state index in [1.165, 1.54) is 30.6 Å². The van der Waals surface area contributed by atoms with Gasteiger partial charge in [-0.2, -0.15) is 0 Å². The van der Waals surface area contributed by atoms with Crippen molar-refractivity contribution in [3.63, 3.8) is 0 Å². The zero-order valence-corrected chi connectivity index (χ0v) is 10.7. The van der Waals surface area contributed by atoms with Gasteiger partial charge in [0.15, 0.2) is 5.82 Å². The van der Waals surface area contributed by atoms with Crippen LogP contribution in [0, 0.1) is 0 Å². The Morgan fingerprint density at radius 2 is 2.11 bits per heavy atom. The van der Waals surface area contributed by atoms with E-state index in [-0.39, 0.29) is 17.0 Å². The van der Waals surface area contributed by atoms with Gasteiger partial charge in [0.1, 0.15) is 10.4 Å². The molecule has 0 aliphatic rings. The highest BCUT2D eigenvalue weighted by molar-refractivity contribution is 9.10. The molecule has 0 bridgehead atoms. The van der Waals surface area contributed by atoms with E-state index in [2.05, 4.69) is 31.2 Å². The van der Waals surface area contributed by atoms with Gasteiger partial charge in [-0.1, -0.05) is 0 Å². The summed E-state index contributed by atoms with van der Waals surface area (Å²) in [5.41, 5.74) is 6.11. The fraction of sp³-hybridized carbons (Fsp3) is 0. The first-order valence-electron chi connectivity index (χ1n) is 4.93. The fourth-order valence-electron chi connectivity index (χ4n) is 1.30. The maximum absolute atomic E-state index is 11.9. The molecule has 4 N–H and O–H groups in total. The van der Waals surface area contributed by atoms with Crippen LogP contribution in [0.15, 0.2) is 35.2 Å². The van der Waals surface area contributed by atoms with Gasteiger partial charge in [-0.05, 0) is 34.1 Å². The van der Waals surface area contributed by atoms with E-state index in [1.807, 2.05) is 0 Å². The van der Waals surface area contributed by atoms with Crippen molar-refractivity contribution in [1.82, 2.24) is 9.97 Å². The molecule has 0 aliphatic heterocycles. The average molecular weight is 309 g/mol. The Balaban J connectivity index is 2.21. The molecule has 0 fully saturated rings. The SMILES string of the molecule is Nc1ccc(O)cc1C(=O)Nc1cnc(Br)cn1. The number of anilines is 2. The fourth-order valence-corrected chi connectivity index (χ4v) is 1.51. The Morgan fingerprint density at radius 3 is 2.78 bits per heavy atom. The van der Waals surface area contributed by atoms with E-state index >= 15 is 0 Å². The number of nitrogen functional groups attached to an aromatic ring is 1. The monoisotopic (exact) mass is 308 g/mol. The van der Waals surface area contributed by atoms with Gasteiger partial charge in [0.05, 0.1) is 18.0 Å². The molecular formula is C11H9BrN4O2. The lowest BCUT2D eigenvalue weighted by Crippen LogP contribution is -2.15. The number of phenols is 1. The molecule has 0 saturated heterocycles. The van der Waals surface area contributed by atoms with E-state index in [4.69, 9.17) is 5.73 Å². The van der Waals surface area contributed by atoms with Crippen molar-refractivity contribution >= 4 is 33.3 Å². The number of nitrogens with two attached hydrogens (primary N) is 1. The third-order valence-electron chi connectivity index (χ3n) is 2.14. The van der Waals surface area contributed by atoms with E-state index < -0.39 is 5.91 Å². The molecule has 18 heavy (non-hydrogen) atoms. The molecule has 2 rings (SSSR count). The molecular weight excluding hydrogens is 300 g/mol. The Kier molecular flexibility index (Phi) is 3.42. The average Bonchev–Trinajstić information content (AvgIpc) is 2.35. The lowest BCUT2D eigenvalue weighted by molar-refractivity contribution is 0.102. The minimum Gasteiger partial charge on any atom is -0.508 e. The van der Waals surface area contributed by atoms with Gasteiger partial charge >= 0.3 is 0 Å². The van der Waals surface area contributed by atoms with Crippen molar-refractivity contribution in [2.75, 3.05) is 11.1 Å². The number of rotatable bonds is 2. The number of hydrogen-bond acceptors (Lipinski definition) is 5. The molecule has 1 heterocycles. The Morgan fingerprint density at radius 1 is 1.33 bits per heavy atom. The summed E-state index contributed by atoms with van der Waals surface area (Å²) in [6.45, 7) is 0. The third kappa shape index (κ3) is 2.75. The van der Waals surface area contributed by atoms with E-state index in [0.717, 1.165) is 0 Å². The summed E-state index contributed by atoms with van der Waals surface area (Å²) in [6, 6.07) is 4.15. The highest BCUT2D eigenvalue weighted by atomic mass is 79.9. The molecule has 1 aromatic heterocycles. The first-order chi connectivity index (χ1) is 8.56. The summed E-state index contributed by atoms with van der Waals surface area (Å²) in [4.78, 5) is 19.8. The summed E-state index contributed by atoms with van der Waals surface area (Å²) in [5, 5.41) is 11.8. The summed E-state index contributed by atoms with van der Waals surface area (Å²) >= 11 is 3.14. The van der Waals surface area contributed by atoms with Crippen LogP contribution in [0.1, 0.15) is 10.4 Å². The lowest BCUT2D eigenvalue weighted by atomic mass is 10.1. The molecule has 1 aromatic carbocycles. The van der Waals surface area contributed by atoms with Gasteiger partial charge in [0.2, 0.25) is 0 Å². The summed E-state index contributed by atoms with van der Waals surface area (Å²) in [6.07, 6.45) is 2.86. The molecule has 0 atom stereocenters. The van der Waals surface area contributed by atoms with Crippen molar-refractivity contribution in [3.8, 4) is 5.75 Å². The molecule has 6 nitrogen and oxygen atoms in total. The molecule has 0 unspecified atom stereocenters. The maximum Gasteiger partial charge on any atom is 0.259 e. The number of amides is 1. The molecule has 0 spiro atoms. The second-order valence-electron chi connectivity index (χ2n) is 3.45. The van der Waals surface area contributed by atoms with Crippen molar-refractivity contribution in [2.45, 2.75) is 0 Å². The summed E-state index contributed by atoms with van der Waals surface area (Å²) < 4.78 is 0.567. The minimum absolute atomic E-state index is 0.0313. The number of hydrogen-bond donors (Lipinski definition) is 3. The van der Waals surface area contributed by atoms with Crippen LogP contribution in [0.3, 0.4) is 0 Å². The second-order valence-corrected chi connectivity index (χ2v) is 4.26. The highest BCUT2D eigenvalue weighted by Crippen LogP contribution is 2.19. The van der Waals surface area contributed by atoms with Crippen molar-refractivity contribution in [3.05, 3.63) is 40.8 Å². The van der Waals surface area contributed by atoms with Gasteiger partial charge in [-0.15, -0.1) is 0 Å². The number of carbonyl (C=O) groups is 1. The Hall–Kier alpha value is -2.15. The summed E-state index contributed by atoms with van der Waals surface area (Å²) in [5.74, 6) is -0.192. The third-order valence-corrected chi connectivity index (χ3v) is 2.55. The molecule has 1 amide bonds. The predicted octanol–water partition coefficient (Wildman–Crippen LogP) is 1.78. The standard InChI is InChI=1S/C11H9BrN4O2/c12-9-4-15-10(5-14-9)16-11(18)7-3-6(17)1-2-8(7)13/h1-5,17H,13H2,(H,15,16,18). The Labute approximate surface area is 111 Å². The van der Waals surface area contributed by atoms with Crippen LogP contribution < -0.4 is 11.1 Å². The summed E-state index contributed by atoms with van der Waals surface area (Å²) in [7, 11) is 0. The van der Waals surface area contributed by atoms with Crippen LogP contribution in [0.25, 0.3) is 0 Å². The molecule has 0 radical (unpaired) electrons. The maximum atomic E-state index is 11.9. The van der Waals surface area contributed by atoms with Gasteiger partial charge in [-0.3, -0.25) is 4.79 Å². The molecule has 2 aromatic rings. The normalized spacial score (nSPS) is 10.1. The van der Waals surface area contributed by atoms with E-state index in [0.29, 0.717) is 10.4 Å². The van der Waals surface area contributed by atoms with Crippen molar-refractivity contribution < 1.29 is 9.90 Å². The Bertz CT molecular complexity index is 586. The number of nitrogens with one attached hydrogen (secondary N) is 1. The van der Waals surface area contributed by atoms with Crippen LogP contribution in [0.5, 0.6) is 5.75 Å². The molecule has 0 saturated carbocycles. The number of carbonyl (C=O) groups excluding carboxylic acids is 1. The van der Waals surface area contributed by atoms with E-state index in [9.17, 15) is 9.90 Å². The molecule has 0 aliphatic carbocycles. The lowest BCUT2D eigenvalue weighted by Gasteiger charge is -2.07. The quantitative estimate of drug-likeness (QED) is 0.580.